The van der Waals surface area contributed by atoms with Crippen molar-refractivity contribution in [3.8, 4) is 0 Å². The monoisotopic (exact) mass is 360 g/mol. The molecule has 0 radical (unpaired) electrons. The Bertz CT molecular complexity index is 468. The highest BCUT2D eigenvalue weighted by molar-refractivity contribution is 8.00. The van der Waals surface area contributed by atoms with Crippen molar-refractivity contribution in [3.05, 3.63) is 0 Å². The predicted octanol–water partition coefficient (Wildman–Crippen LogP) is -0.288. The van der Waals surface area contributed by atoms with Gasteiger partial charge in [0.15, 0.2) is 5.37 Å². The topological polar surface area (TPSA) is 85.4 Å². The van der Waals surface area contributed by atoms with Gasteiger partial charge in [-0.15, -0.1) is 11.8 Å². The zero-order valence-electron chi connectivity index (χ0n) is 14.4. The van der Waals surface area contributed by atoms with Crippen LogP contribution in [0.2, 0.25) is 0 Å². The fourth-order valence-electron chi connectivity index (χ4n) is 3.10. The van der Waals surface area contributed by atoms with Gasteiger partial charge in [-0.3, -0.25) is 9.69 Å². The molecule has 2 aliphatic rings. The number of thioether (sulfide) groups is 1. The van der Waals surface area contributed by atoms with Crippen LogP contribution >= 0.6 is 11.8 Å². The van der Waals surface area contributed by atoms with Crippen molar-refractivity contribution in [3.63, 3.8) is 0 Å². The van der Waals surface area contributed by atoms with E-state index >= 15 is 0 Å². The Kier molecular flexibility index (Phi) is 6.47. The predicted molar refractivity (Wildman–Crippen MR) is 87.4 cm³/mol. The number of esters is 2. The van der Waals surface area contributed by atoms with Crippen molar-refractivity contribution in [2.75, 3.05) is 39.6 Å². The molecule has 2 aliphatic heterocycles. The van der Waals surface area contributed by atoms with Crippen LogP contribution in [0.15, 0.2) is 0 Å². The first-order chi connectivity index (χ1) is 11.4. The van der Waals surface area contributed by atoms with Crippen molar-refractivity contribution < 1.29 is 28.6 Å². The second-order valence-corrected chi connectivity index (χ2v) is 7.11. The van der Waals surface area contributed by atoms with Crippen molar-refractivity contribution in [1.82, 2.24) is 9.80 Å². The number of rotatable bonds is 4. The van der Waals surface area contributed by atoms with E-state index in [-0.39, 0.29) is 24.7 Å². The average Bonchev–Trinajstić information content (AvgIpc) is 2.97. The zero-order valence-corrected chi connectivity index (χ0v) is 15.2. The number of morpholine rings is 1. The van der Waals surface area contributed by atoms with Crippen LogP contribution in [0.25, 0.3) is 0 Å². The van der Waals surface area contributed by atoms with E-state index in [0.29, 0.717) is 18.8 Å². The summed E-state index contributed by atoms with van der Waals surface area (Å²) in [6.07, 6.45) is 0.0598. The quantitative estimate of drug-likeness (QED) is 0.633. The fourth-order valence-corrected chi connectivity index (χ4v) is 4.42. The molecular formula is C15H24N2O6S. The molecular weight excluding hydrogens is 336 g/mol. The molecule has 0 unspecified atom stereocenters. The van der Waals surface area contributed by atoms with Gasteiger partial charge in [-0.2, -0.15) is 0 Å². The summed E-state index contributed by atoms with van der Waals surface area (Å²) in [6, 6.07) is -0.771. The van der Waals surface area contributed by atoms with Crippen LogP contribution in [0.1, 0.15) is 13.8 Å². The van der Waals surface area contributed by atoms with Crippen LogP contribution in [-0.2, 0) is 28.6 Å². The molecule has 4 atom stereocenters. The smallest absolute Gasteiger partial charge is 0.339 e. The van der Waals surface area contributed by atoms with Crippen molar-refractivity contribution in [2.45, 2.75) is 37.5 Å². The molecule has 0 saturated carbocycles. The van der Waals surface area contributed by atoms with Gasteiger partial charge in [0.25, 0.3) is 0 Å². The van der Waals surface area contributed by atoms with Crippen LogP contribution in [0.5, 0.6) is 0 Å². The standard InChI is InChI=1S/C15H24N2O6S/c1-9-5-16(6-10(2)23-9)7-12(18)17-11(14(19)21-3)8-24-13(17)15(20)22-4/h9-11,13H,5-8H2,1-4H3/t9-,10+,11-,13-/m1/s1. The lowest BCUT2D eigenvalue weighted by atomic mass is 10.2. The van der Waals surface area contributed by atoms with E-state index in [1.807, 2.05) is 18.7 Å². The fraction of sp³-hybridized carbons (Fsp3) is 0.800. The van der Waals surface area contributed by atoms with E-state index in [9.17, 15) is 14.4 Å². The number of carbonyl (C=O) groups is 3. The second kappa shape index (κ2) is 8.17. The third kappa shape index (κ3) is 4.20. The normalized spacial score (nSPS) is 30.9. The molecule has 0 spiro atoms. The van der Waals surface area contributed by atoms with Crippen LogP contribution < -0.4 is 0 Å². The van der Waals surface area contributed by atoms with E-state index in [0.717, 1.165) is 0 Å². The first kappa shape index (κ1) is 19.0. The number of ether oxygens (including phenoxy) is 3. The van der Waals surface area contributed by atoms with Gasteiger partial charge in [0.2, 0.25) is 5.91 Å². The summed E-state index contributed by atoms with van der Waals surface area (Å²) in [5.74, 6) is -1.03. The first-order valence-electron chi connectivity index (χ1n) is 7.83. The molecule has 0 aromatic carbocycles. The third-order valence-corrected chi connectivity index (χ3v) is 5.26. The Labute approximate surface area is 145 Å². The molecule has 2 saturated heterocycles. The van der Waals surface area contributed by atoms with Crippen molar-refractivity contribution in [2.24, 2.45) is 0 Å². The Morgan fingerprint density at radius 1 is 1.08 bits per heavy atom. The summed E-state index contributed by atoms with van der Waals surface area (Å²) < 4.78 is 15.2. The van der Waals surface area contributed by atoms with Gasteiger partial charge in [0.05, 0.1) is 33.0 Å². The Balaban J connectivity index is 2.11. The highest BCUT2D eigenvalue weighted by Crippen LogP contribution is 2.31. The molecule has 0 aromatic heterocycles. The van der Waals surface area contributed by atoms with Crippen molar-refractivity contribution >= 4 is 29.6 Å². The molecule has 8 nitrogen and oxygen atoms in total. The highest BCUT2D eigenvalue weighted by Gasteiger charge is 2.46. The van der Waals surface area contributed by atoms with E-state index in [1.165, 1.54) is 30.9 Å². The summed E-state index contributed by atoms with van der Waals surface area (Å²) >= 11 is 1.21. The van der Waals surface area contributed by atoms with Gasteiger partial charge in [-0.1, -0.05) is 0 Å². The number of methoxy groups -OCH3 is 2. The van der Waals surface area contributed by atoms with Crippen LogP contribution in [-0.4, -0.2) is 90.9 Å². The van der Waals surface area contributed by atoms with Crippen LogP contribution in [0, 0.1) is 0 Å². The van der Waals surface area contributed by atoms with E-state index in [4.69, 9.17) is 14.2 Å². The van der Waals surface area contributed by atoms with Gasteiger partial charge in [0.1, 0.15) is 6.04 Å². The third-order valence-electron chi connectivity index (χ3n) is 4.02. The number of hydrogen-bond donors (Lipinski definition) is 0. The minimum Gasteiger partial charge on any atom is -0.467 e. The minimum absolute atomic E-state index is 0.0299. The lowest BCUT2D eigenvalue weighted by Gasteiger charge is -2.36. The van der Waals surface area contributed by atoms with Gasteiger partial charge < -0.3 is 19.1 Å². The molecule has 24 heavy (non-hydrogen) atoms. The Morgan fingerprint density at radius 2 is 1.67 bits per heavy atom. The summed E-state index contributed by atoms with van der Waals surface area (Å²) in [5, 5.41) is -0.817. The number of nitrogens with zero attached hydrogens (tertiary/aromatic N) is 2. The maximum absolute atomic E-state index is 12.8. The molecule has 0 bridgehead atoms. The molecule has 136 valence electrons. The Morgan fingerprint density at radius 3 is 2.21 bits per heavy atom. The lowest BCUT2D eigenvalue weighted by Crippen LogP contribution is -2.54. The van der Waals surface area contributed by atoms with Gasteiger partial charge in [0, 0.05) is 18.8 Å². The number of hydrogen-bond acceptors (Lipinski definition) is 8. The zero-order chi connectivity index (χ0) is 17.9. The Hall–Kier alpha value is -1.32. The van der Waals surface area contributed by atoms with Crippen LogP contribution in [0.4, 0.5) is 0 Å². The van der Waals surface area contributed by atoms with E-state index in [2.05, 4.69) is 0 Å². The largest absolute Gasteiger partial charge is 0.467 e. The summed E-state index contributed by atoms with van der Waals surface area (Å²) in [7, 11) is 2.54. The second-order valence-electron chi connectivity index (χ2n) is 6.00. The number of amides is 1. The molecule has 2 fully saturated rings. The van der Waals surface area contributed by atoms with Crippen molar-refractivity contribution in [1.29, 1.82) is 0 Å². The molecule has 9 heteroatoms. The summed E-state index contributed by atoms with van der Waals surface area (Å²) in [5.41, 5.74) is 0. The van der Waals surface area contributed by atoms with Gasteiger partial charge in [-0.25, -0.2) is 9.59 Å². The SMILES string of the molecule is COC(=O)[C@H]1CS[C@H](C(=O)OC)N1C(=O)CN1C[C@@H](C)O[C@@H](C)C1. The average molecular weight is 360 g/mol. The molecule has 0 aliphatic carbocycles. The minimum atomic E-state index is -0.817. The molecule has 2 heterocycles. The molecule has 0 aromatic rings. The van der Waals surface area contributed by atoms with Gasteiger partial charge in [-0.05, 0) is 13.8 Å². The maximum atomic E-state index is 12.8. The maximum Gasteiger partial charge on any atom is 0.339 e. The molecule has 1 amide bonds. The summed E-state index contributed by atoms with van der Waals surface area (Å²) in [6.45, 7) is 5.28. The lowest BCUT2D eigenvalue weighted by molar-refractivity contribution is -0.158. The van der Waals surface area contributed by atoms with E-state index in [1.54, 1.807) is 0 Å². The van der Waals surface area contributed by atoms with Gasteiger partial charge >= 0.3 is 11.9 Å². The first-order valence-corrected chi connectivity index (χ1v) is 8.88. The van der Waals surface area contributed by atoms with E-state index < -0.39 is 23.4 Å². The highest BCUT2D eigenvalue weighted by atomic mass is 32.2. The molecule has 0 N–H and O–H groups in total. The number of carbonyl (C=O) groups excluding carboxylic acids is 3. The molecule has 2 rings (SSSR count). The van der Waals surface area contributed by atoms with Crippen LogP contribution in [0.3, 0.4) is 0 Å². The summed E-state index contributed by atoms with van der Waals surface area (Å²) in [4.78, 5) is 40.0.